The fraction of sp³-hybridized carbons (Fsp3) is 0.600. The van der Waals surface area contributed by atoms with Crippen LogP contribution in [-0.2, 0) is 6.42 Å². The fourth-order valence-corrected chi connectivity index (χ4v) is 3.00. The molecule has 3 unspecified atom stereocenters. The Bertz CT molecular complexity index is 364. The zero-order valence-electron chi connectivity index (χ0n) is 10.6. The number of phenols is 1. The zero-order valence-corrected chi connectivity index (χ0v) is 10.6. The molecule has 1 aliphatic carbocycles. The van der Waals surface area contributed by atoms with Gasteiger partial charge in [0.25, 0.3) is 0 Å². The molecule has 1 aromatic rings. The molecule has 1 aromatic carbocycles. The zero-order chi connectivity index (χ0) is 12.3. The molecule has 1 fully saturated rings. The van der Waals surface area contributed by atoms with E-state index < -0.39 is 0 Å². The molecule has 0 bridgehead atoms. The number of aromatic hydroxyl groups is 1. The molecule has 0 spiro atoms. The summed E-state index contributed by atoms with van der Waals surface area (Å²) in [6.45, 7) is 2.27. The molecule has 0 amide bonds. The number of nitrogens with two attached hydrogens (primary N) is 1. The van der Waals surface area contributed by atoms with Gasteiger partial charge in [0.2, 0.25) is 0 Å². The molecule has 3 N–H and O–H groups in total. The molecule has 1 aliphatic rings. The van der Waals surface area contributed by atoms with Gasteiger partial charge in [-0.1, -0.05) is 31.9 Å². The van der Waals surface area contributed by atoms with E-state index in [0.29, 0.717) is 11.7 Å². The molecular weight excluding hydrogens is 210 g/mol. The molecule has 94 valence electrons. The summed E-state index contributed by atoms with van der Waals surface area (Å²) in [5.74, 6) is 1.89. The molecule has 2 heteroatoms. The predicted molar refractivity (Wildman–Crippen MR) is 70.9 cm³/mol. The van der Waals surface area contributed by atoms with Crippen LogP contribution in [0.4, 0.5) is 0 Å². The van der Waals surface area contributed by atoms with Crippen LogP contribution in [0.25, 0.3) is 0 Å². The van der Waals surface area contributed by atoms with Crippen LogP contribution < -0.4 is 5.73 Å². The van der Waals surface area contributed by atoms with E-state index in [1.807, 2.05) is 18.2 Å². The molecule has 2 nitrogen and oxygen atoms in total. The molecule has 0 saturated heterocycles. The Morgan fingerprint density at radius 1 is 1.41 bits per heavy atom. The summed E-state index contributed by atoms with van der Waals surface area (Å²) in [6, 6.07) is 7.71. The lowest BCUT2D eigenvalue weighted by molar-refractivity contribution is 0.404. The van der Waals surface area contributed by atoms with Gasteiger partial charge in [-0.25, -0.2) is 0 Å². The molecule has 17 heavy (non-hydrogen) atoms. The Labute approximate surface area is 104 Å². The molecule has 0 aliphatic heterocycles. The van der Waals surface area contributed by atoms with E-state index in [0.717, 1.165) is 17.9 Å². The lowest BCUT2D eigenvalue weighted by Gasteiger charge is -2.19. The third-order valence-electron chi connectivity index (χ3n) is 4.15. The van der Waals surface area contributed by atoms with Crippen molar-refractivity contribution in [3.05, 3.63) is 29.8 Å². The summed E-state index contributed by atoms with van der Waals surface area (Å²) in [7, 11) is 0. The third-order valence-corrected chi connectivity index (χ3v) is 4.15. The number of phenolic OH excluding ortho intramolecular Hbond substituents is 1. The second kappa shape index (κ2) is 5.54. The van der Waals surface area contributed by atoms with Gasteiger partial charge in [0, 0.05) is 6.04 Å². The third kappa shape index (κ3) is 3.22. The van der Waals surface area contributed by atoms with Crippen molar-refractivity contribution in [3.8, 4) is 5.75 Å². The molecule has 0 radical (unpaired) electrons. The molecule has 3 atom stereocenters. The summed E-state index contributed by atoms with van der Waals surface area (Å²) in [5.41, 5.74) is 7.45. The van der Waals surface area contributed by atoms with E-state index in [1.54, 1.807) is 6.07 Å². The highest BCUT2D eigenvalue weighted by Crippen LogP contribution is 2.35. The van der Waals surface area contributed by atoms with Crippen LogP contribution in [0.1, 0.15) is 38.2 Å². The molecule has 0 aromatic heterocycles. The average Bonchev–Trinajstić information content (AvgIpc) is 2.77. The van der Waals surface area contributed by atoms with E-state index >= 15 is 0 Å². The summed E-state index contributed by atoms with van der Waals surface area (Å²) in [6.07, 6.45) is 6.08. The van der Waals surface area contributed by atoms with E-state index in [1.165, 1.54) is 25.7 Å². The van der Waals surface area contributed by atoms with Gasteiger partial charge in [0.15, 0.2) is 0 Å². The number of hydrogen-bond donors (Lipinski definition) is 2. The second-order valence-corrected chi connectivity index (χ2v) is 5.39. The van der Waals surface area contributed by atoms with Crippen LogP contribution in [0.3, 0.4) is 0 Å². The van der Waals surface area contributed by atoms with Crippen molar-refractivity contribution in [2.24, 2.45) is 17.6 Å². The highest BCUT2D eigenvalue weighted by Gasteiger charge is 2.27. The fourth-order valence-electron chi connectivity index (χ4n) is 3.00. The van der Waals surface area contributed by atoms with Crippen molar-refractivity contribution in [1.82, 2.24) is 0 Å². The quantitative estimate of drug-likeness (QED) is 0.839. The van der Waals surface area contributed by atoms with Gasteiger partial charge in [-0.3, -0.25) is 0 Å². The van der Waals surface area contributed by atoms with Gasteiger partial charge < -0.3 is 10.8 Å². The van der Waals surface area contributed by atoms with Crippen molar-refractivity contribution >= 4 is 0 Å². The smallest absolute Gasteiger partial charge is 0.115 e. The molecule has 0 heterocycles. The first-order chi connectivity index (χ1) is 8.19. The standard InChI is InChI=1S/C15H23NO/c1-2-11-6-7-13(8-11)15(16)10-12-4-3-5-14(17)9-12/h3-5,9,11,13,15,17H,2,6-8,10,16H2,1H3. The van der Waals surface area contributed by atoms with Crippen molar-refractivity contribution in [2.45, 2.75) is 45.1 Å². The maximum Gasteiger partial charge on any atom is 0.115 e. The largest absolute Gasteiger partial charge is 0.508 e. The lowest BCUT2D eigenvalue weighted by Crippen LogP contribution is -2.30. The molecule has 2 rings (SSSR count). The van der Waals surface area contributed by atoms with Crippen LogP contribution in [0, 0.1) is 11.8 Å². The van der Waals surface area contributed by atoms with Crippen molar-refractivity contribution < 1.29 is 5.11 Å². The highest BCUT2D eigenvalue weighted by atomic mass is 16.3. The van der Waals surface area contributed by atoms with Crippen LogP contribution in [-0.4, -0.2) is 11.1 Å². The summed E-state index contributed by atoms with van der Waals surface area (Å²) >= 11 is 0. The number of rotatable bonds is 4. The first-order valence-corrected chi connectivity index (χ1v) is 6.72. The minimum atomic E-state index is 0.244. The first-order valence-electron chi connectivity index (χ1n) is 6.72. The van der Waals surface area contributed by atoms with Gasteiger partial charge in [0.1, 0.15) is 5.75 Å². The Hall–Kier alpha value is -1.02. The van der Waals surface area contributed by atoms with Gasteiger partial charge in [-0.15, -0.1) is 0 Å². The SMILES string of the molecule is CCC1CCC(C(N)Cc2cccc(O)c2)C1. The number of benzene rings is 1. The number of hydrogen-bond acceptors (Lipinski definition) is 2. The van der Waals surface area contributed by atoms with E-state index in [2.05, 4.69) is 6.92 Å². The monoisotopic (exact) mass is 233 g/mol. The van der Waals surface area contributed by atoms with E-state index in [9.17, 15) is 5.11 Å². The summed E-state index contributed by atoms with van der Waals surface area (Å²) < 4.78 is 0. The van der Waals surface area contributed by atoms with Crippen LogP contribution >= 0.6 is 0 Å². The molecular formula is C15H23NO. The van der Waals surface area contributed by atoms with Crippen molar-refractivity contribution in [3.63, 3.8) is 0 Å². The van der Waals surface area contributed by atoms with Gasteiger partial charge >= 0.3 is 0 Å². The Morgan fingerprint density at radius 2 is 2.24 bits per heavy atom. The van der Waals surface area contributed by atoms with E-state index in [4.69, 9.17) is 5.73 Å². The highest BCUT2D eigenvalue weighted by molar-refractivity contribution is 5.27. The Morgan fingerprint density at radius 3 is 2.88 bits per heavy atom. The molecule has 1 saturated carbocycles. The van der Waals surface area contributed by atoms with E-state index in [-0.39, 0.29) is 6.04 Å². The maximum absolute atomic E-state index is 9.43. The Kier molecular flexibility index (Phi) is 4.06. The summed E-state index contributed by atoms with van der Waals surface area (Å²) in [5, 5.41) is 9.43. The summed E-state index contributed by atoms with van der Waals surface area (Å²) in [4.78, 5) is 0. The first kappa shape index (κ1) is 12.4. The topological polar surface area (TPSA) is 46.2 Å². The maximum atomic E-state index is 9.43. The van der Waals surface area contributed by atoms with Crippen LogP contribution in [0.2, 0.25) is 0 Å². The van der Waals surface area contributed by atoms with Crippen molar-refractivity contribution in [1.29, 1.82) is 0 Å². The lowest BCUT2D eigenvalue weighted by atomic mass is 9.91. The normalized spacial score (nSPS) is 26.0. The van der Waals surface area contributed by atoms with Gasteiger partial charge in [-0.2, -0.15) is 0 Å². The predicted octanol–water partition coefficient (Wildman–Crippen LogP) is 3.09. The minimum absolute atomic E-state index is 0.244. The van der Waals surface area contributed by atoms with Gasteiger partial charge in [0.05, 0.1) is 0 Å². The Balaban J connectivity index is 1.91. The van der Waals surface area contributed by atoms with Crippen molar-refractivity contribution in [2.75, 3.05) is 0 Å². The van der Waals surface area contributed by atoms with Crippen LogP contribution in [0.15, 0.2) is 24.3 Å². The minimum Gasteiger partial charge on any atom is -0.508 e. The average molecular weight is 233 g/mol. The second-order valence-electron chi connectivity index (χ2n) is 5.39. The van der Waals surface area contributed by atoms with Gasteiger partial charge in [-0.05, 0) is 48.8 Å². The van der Waals surface area contributed by atoms with Crippen LogP contribution in [0.5, 0.6) is 5.75 Å².